The zero-order valence-corrected chi connectivity index (χ0v) is 27.7. The molecule has 2 aromatic heterocycles. The van der Waals surface area contributed by atoms with Crippen molar-refractivity contribution in [1.29, 1.82) is 0 Å². The highest BCUT2D eigenvalue weighted by Crippen LogP contribution is 2.63. The lowest BCUT2D eigenvalue weighted by molar-refractivity contribution is -0.101. The maximum atomic E-state index is 13.8. The molecule has 8 aliphatic rings. The first-order valence-corrected chi connectivity index (χ1v) is 18.7. The molecule has 264 valence electrons. The number of amides is 4. The molecule has 8 fully saturated rings. The number of carbonyl (C=O) groups is 2. The zero-order chi connectivity index (χ0) is 33.1. The van der Waals surface area contributed by atoms with Gasteiger partial charge in [0.25, 0.3) is 0 Å². The van der Waals surface area contributed by atoms with Crippen molar-refractivity contribution < 1.29 is 35.6 Å². The van der Waals surface area contributed by atoms with E-state index in [9.17, 15) is 18.0 Å². The molecule has 4 amide bonds. The average molecular weight is 701 g/mol. The second-order valence-corrected chi connectivity index (χ2v) is 16.3. The van der Waals surface area contributed by atoms with Crippen molar-refractivity contribution in [1.82, 2.24) is 51.5 Å². The molecule has 4 atom stereocenters. The standard InChI is InChI=1S/C30H40N10O8S/c41-27-37-15-25(29(1-2-29)7-23(37)21-5-19(45-35-21)13-33-17-9-31-10-17)39(27)47-49(43,44)48-40-26-16-38(28(40)42)24(8-30(26)3-4-30)22-6-20(46-36-22)14-34-18-11-32-12-18/h5-6,17-18,23-26,31-34H,1-4,7-16H2/t23-,24-,25-,26-/m0/s1. The van der Waals surface area contributed by atoms with Crippen LogP contribution in [0.2, 0.25) is 0 Å². The monoisotopic (exact) mass is 700 g/mol. The lowest BCUT2D eigenvalue weighted by atomic mass is 9.84. The molecule has 0 aromatic carbocycles. The molecule has 6 saturated heterocycles. The molecule has 2 saturated carbocycles. The number of hydroxylamine groups is 4. The fraction of sp³-hybridized carbons (Fsp3) is 0.733. The molecule has 18 nitrogen and oxygen atoms in total. The second kappa shape index (κ2) is 10.8. The van der Waals surface area contributed by atoms with E-state index in [1.165, 1.54) is 0 Å². The van der Waals surface area contributed by atoms with Crippen molar-refractivity contribution in [2.75, 3.05) is 39.3 Å². The van der Waals surface area contributed by atoms with Crippen LogP contribution in [-0.4, -0.2) is 114 Å². The molecular weight excluding hydrogens is 660 g/mol. The van der Waals surface area contributed by atoms with Crippen molar-refractivity contribution in [3.63, 3.8) is 0 Å². The van der Waals surface area contributed by atoms with Crippen LogP contribution < -0.4 is 21.3 Å². The van der Waals surface area contributed by atoms with Crippen molar-refractivity contribution in [3.8, 4) is 0 Å². The van der Waals surface area contributed by atoms with E-state index in [-0.39, 0.29) is 22.9 Å². The van der Waals surface area contributed by atoms with Gasteiger partial charge in [0, 0.05) is 63.5 Å². The van der Waals surface area contributed by atoms with Gasteiger partial charge in [-0.05, 0) is 49.4 Å². The number of nitrogens with zero attached hydrogens (tertiary/aromatic N) is 6. The molecule has 0 unspecified atom stereocenters. The first-order valence-electron chi connectivity index (χ1n) is 17.3. The van der Waals surface area contributed by atoms with Gasteiger partial charge in [0.15, 0.2) is 11.5 Å². The predicted molar refractivity (Wildman–Crippen MR) is 165 cm³/mol. The third kappa shape index (κ3) is 5.07. The van der Waals surface area contributed by atoms with Crippen LogP contribution in [-0.2, 0) is 32.1 Å². The number of hydrogen-bond donors (Lipinski definition) is 4. The summed E-state index contributed by atoms with van der Waals surface area (Å²) in [6.45, 7) is 5.28. The largest absolute Gasteiger partial charge is 0.442 e. The zero-order valence-electron chi connectivity index (χ0n) is 26.9. The smallest absolute Gasteiger partial charge is 0.360 e. The Balaban J connectivity index is 0.827. The third-order valence-electron chi connectivity index (χ3n) is 12.2. The Bertz CT molecular complexity index is 1650. The third-order valence-corrected chi connectivity index (χ3v) is 12.9. The summed E-state index contributed by atoms with van der Waals surface area (Å²) in [5.41, 5.74) is 0.689. The van der Waals surface area contributed by atoms with Gasteiger partial charge in [0.05, 0.1) is 37.3 Å². The van der Waals surface area contributed by atoms with Crippen LogP contribution >= 0.6 is 0 Å². The van der Waals surface area contributed by atoms with Gasteiger partial charge in [-0.25, -0.2) is 9.59 Å². The molecule has 2 aliphatic carbocycles. The molecule has 49 heavy (non-hydrogen) atoms. The minimum absolute atomic E-state index is 0.295. The Kier molecular flexibility index (Phi) is 6.74. The normalized spacial score (nSPS) is 31.3. The molecular formula is C30H40N10O8S. The van der Waals surface area contributed by atoms with Gasteiger partial charge in [-0.2, -0.15) is 18.5 Å². The Morgan fingerprint density at radius 2 is 1.18 bits per heavy atom. The number of carbonyl (C=O) groups excluding carboxylic acids is 2. The summed E-state index contributed by atoms with van der Waals surface area (Å²) in [5, 5.41) is 23.7. The molecule has 0 radical (unpaired) electrons. The Hall–Kier alpha value is -3.33. The summed E-state index contributed by atoms with van der Waals surface area (Å²) in [7, 11) is -4.86. The van der Waals surface area contributed by atoms with E-state index in [0.717, 1.165) is 62.0 Å². The highest BCUT2D eigenvalue weighted by molar-refractivity contribution is 7.81. The number of aromatic nitrogens is 2. The minimum Gasteiger partial charge on any atom is -0.360 e. The van der Waals surface area contributed by atoms with E-state index >= 15 is 0 Å². The van der Waals surface area contributed by atoms with E-state index in [2.05, 4.69) is 31.6 Å². The SMILES string of the molecule is O=C1N2C[C@H](N1OS(=O)(=O)ON1C(=O)N3C[C@H]1C1(CC1)C[C@H]3c1cc(CNC3CNC3)on1)C1(CC1)C[C@H]2c1cc(CNC2CNC2)on1. The van der Waals surface area contributed by atoms with Gasteiger partial charge >= 0.3 is 22.5 Å². The van der Waals surface area contributed by atoms with E-state index in [0.29, 0.717) is 74.0 Å². The van der Waals surface area contributed by atoms with Crippen molar-refractivity contribution >= 4 is 22.5 Å². The molecule has 8 heterocycles. The predicted octanol–water partition coefficient (Wildman–Crippen LogP) is 0.256. The maximum Gasteiger partial charge on any atom is 0.442 e. The Morgan fingerprint density at radius 1 is 0.755 bits per heavy atom. The number of urea groups is 2. The molecule has 4 N–H and O–H groups in total. The summed E-state index contributed by atoms with van der Waals surface area (Å²) in [6.07, 6.45) is 4.58. The summed E-state index contributed by atoms with van der Waals surface area (Å²) in [5.74, 6) is 1.36. The van der Waals surface area contributed by atoms with Crippen LogP contribution in [0.25, 0.3) is 0 Å². The summed E-state index contributed by atoms with van der Waals surface area (Å²) in [6, 6.07) is 1.69. The molecule has 2 aromatic rings. The van der Waals surface area contributed by atoms with Crippen molar-refractivity contribution in [3.05, 3.63) is 35.0 Å². The summed E-state index contributed by atoms with van der Waals surface area (Å²) in [4.78, 5) is 30.7. The van der Waals surface area contributed by atoms with Gasteiger partial charge in [-0.3, -0.25) is 0 Å². The second-order valence-electron chi connectivity index (χ2n) is 15.2. The lowest BCUT2D eigenvalue weighted by Gasteiger charge is -2.36. The fourth-order valence-corrected chi connectivity index (χ4v) is 9.42. The highest BCUT2D eigenvalue weighted by Gasteiger charge is 2.66. The Labute approximate surface area is 282 Å². The fourth-order valence-electron chi connectivity index (χ4n) is 8.66. The number of fused-ring (bicyclic) bond motifs is 6. The maximum absolute atomic E-state index is 13.8. The van der Waals surface area contributed by atoms with Crippen LogP contribution in [0.5, 0.6) is 0 Å². The number of rotatable bonds is 12. The van der Waals surface area contributed by atoms with Gasteiger partial charge < -0.3 is 40.1 Å². The minimum atomic E-state index is -4.86. The number of hydrogen-bond acceptors (Lipinski definition) is 14. The van der Waals surface area contributed by atoms with Crippen molar-refractivity contribution in [2.45, 2.75) is 87.9 Å². The van der Waals surface area contributed by atoms with E-state index in [4.69, 9.17) is 17.6 Å². The number of nitrogens with one attached hydrogen (secondary N) is 4. The topological polar surface area (TPSA) is 200 Å². The van der Waals surface area contributed by atoms with Gasteiger partial charge in [-0.1, -0.05) is 10.3 Å². The van der Waals surface area contributed by atoms with E-state index in [1.54, 1.807) is 9.80 Å². The lowest BCUT2D eigenvalue weighted by Crippen LogP contribution is -2.54. The van der Waals surface area contributed by atoms with Crippen LogP contribution in [0.4, 0.5) is 9.59 Å². The summed E-state index contributed by atoms with van der Waals surface area (Å²) < 4.78 is 49.2. The van der Waals surface area contributed by atoms with E-state index < -0.39 is 34.5 Å². The molecule has 2 spiro atoms. The molecule has 6 aliphatic heterocycles. The van der Waals surface area contributed by atoms with Gasteiger partial charge in [0.1, 0.15) is 11.4 Å². The van der Waals surface area contributed by atoms with E-state index in [1.807, 2.05) is 12.1 Å². The first-order chi connectivity index (χ1) is 23.7. The first kappa shape index (κ1) is 30.5. The summed E-state index contributed by atoms with van der Waals surface area (Å²) >= 11 is 0. The van der Waals surface area contributed by atoms with Crippen molar-refractivity contribution in [2.24, 2.45) is 10.8 Å². The van der Waals surface area contributed by atoms with Crippen LogP contribution in [0.3, 0.4) is 0 Å². The molecule has 10 rings (SSSR count). The number of piperidine rings is 2. The van der Waals surface area contributed by atoms with Crippen LogP contribution in [0.15, 0.2) is 21.2 Å². The van der Waals surface area contributed by atoms with Gasteiger partial charge in [0.2, 0.25) is 0 Å². The quantitative estimate of drug-likeness (QED) is 0.235. The van der Waals surface area contributed by atoms with Crippen LogP contribution in [0, 0.1) is 10.8 Å². The average Bonchev–Trinajstić information content (AvgIpc) is 3.75. The molecule has 19 heteroatoms. The Morgan fingerprint density at radius 3 is 1.55 bits per heavy atom. The van der Waals surface area contributed by atoms with Gasteiger partial charge in [-0.15, -0.1) is 8.57 Å². The highest BCUT2D eigenvalue weighted by atomic mass is 32.3. The van der Waals surface area contributed by atoms with Crippen LogP contribution in [0.1, 0.15) is 73.5 Å². The molecule has 4 bridgehead atoms.